The molecule has 0 bridgehead atoms. The molecule has 2 rings (SSSR count). The highest BCUT2D eigenvalue weighted by Gasteiger charge is 2.15. The summed E-state index contributed by atoms with van der Waals surface area (Å²) in [5.74, 6) is -0.947. The molecule has 98 valence electrons. The number of carboxylic acids is 1. The molecule has 0 atom stereocenters. The molecule has 0 aliphatic rings. The molecular weight excluding hydrogens is 242 g/mol. The van der Waals surface area contributed by atoms with E-state index in [-0.39, 0.29) is 5.56 Å². The van der Waals surface area contributed by atoms with E-state index < -0.39 is 5.97 Å². The SMILES string of the molecule is CCN(Cc1ccccn1)c1cnccc1C(=O)O. The average Bonchev–Trinajstić information content (AvgIpc) is 2.46. The van der Waals surface area contributed by atoms with Gasteiger partial charge in [0.25, 0.3) is 0 Å². The molecule has 19 heavy (non-hydrogen) atoms. The van der Waals surface area contributed by atoms with Crippen LogP contribution >= 0.6 is 0 Å². The molecule has 0 aromatic carbocycles. The number of pyridine rings is 2. The molecule has 5 heteroatoms. The predicted molar refractivity (Wildman–Crippen MR) is 72.2 cm³/mol. The lowest BCUT2D eigenvalue weighted by Crippen LogP contribution is -2.24. The highest BCUT2D eigenvalue weighted by molar-refractivity contribution is 5.94. The Balaban J connectivity index is 2.30. The predicted octanol–water partition coefficient (Wildman–Crippen LogP) is 2.20. The van der Waals surface area contributed by atoms with E-state index in [4.69, 9.17) is 0 Å². The molecule has 0 amide bonds. The number of aromatic nitrogens is 2. The zero-order chi connectivity index (χ0) is 13.7. The fourth-order valence-corrected chi connectivity index (χ4v) is 1.87. The van der Waals surface area contributed by atoms with Gasteiger partial charge in [0.1, 0.15) is 0 Å². The van der Waals surface area contributed by atoms with Crippen LogP contribution in [0.5, 0.6) is 0 Å². The van der Waals surface area contributed by atoms with Gasteiger partial charge >= 0.3 is 5.97 Å². The molecule has 0 aliphatic heterocycles. The first-order valence-electron chi connectivity index (χ1n) is 6.04. The van der Waals surface area contributed by atoms with Crippen LogP contribution in [0.4, 0.5) is 5.69 Å². The van der Waals surface area contributed by atoms with Crippen molar-refractivity contribution in [2.75, 3.05) is 11.4 Å². The Morgan fingerprint density at radius 2 is 2.16 bits per heavy atom. The van der Waals surface area contributed by atoms with Crippen molar-refractivity contribution in [2.45, 2.75) is 13.5 Å². The zero-order valence-electron chi connectivity index (χ0n) is 10.7. The lowest BCUT2D eigenvalue weighted by atomic mass is 10.2. The summed E-state index contributed by atoms with van der Waals surface area (Å²) in [7, 11) is 0. The maximum absolute atomic E-state index is 11.2. The summed E-state index contributed by atoms with van der Waals surface area (Å²) in [4.78, 5) is 21.4. The molecule has 0 saturated heterocycles. The van der Waals surface area contributed by atoms with E-state index in [0.717, 1.165) is 5.69 Å². The maximum Gasteiger partial charge on any atom is 0.337 e. The fourth-order valence-electron chi connectivity index (χ4n) is 1.87. The first-order valence-corrected chi connectivity index (χ1v) is 6.04. The molecule has 0 aliphatic carbocycles. The summed E-state index contributed by atoms with van der Waals surface area (Å²) < 4.78 is 0. The van der Waals surface area contributed by atoms with E-state index in [1.807, 2.05) is 30.0 Å². The van der Waals surface area contributed by atoms with Crippen molar-refractivity contribution >= 4 is 11.7 Å². The van der Waals surface area contributed by atoms with Crippen LogP contribution < -0.4 is 4.90 Å². The van der Waals surface area contributed by atoms with Crippen molar-refractivity contribution in [3.63, 3.8) is 0 Å². The van der Waals surface area contributed by atoms with Crippen molar-refractivity contribution in [1.82, 2.24) is 9.97 Å². The van der Waals surface area contributed by atoms with Gasteiger partial charge in [0.15, 0.2) is 0 Å². The van der Waals surface area contributed by atoms with Crippen LogP contribution in [-0.2, 0) is 6.54 Å². The third-order valence-corrected chi connectivity index (χ3v) is 2.83. The first kappa shape index (κ1) is 13.0. The Hall–Kier alpha value is -2.43. The van der Waals surface area contributed by atoms with Crippen LogP contribution in [0.15, 0.2) is 42.9 Å². The lowest BCUT2D eigenvalue weighted by molar-refractivity contribution is 0.0697. The second-order valence-corrected chi connectivity index (χ2v) is 4.03. The fraction of sp³-hybridized carbons (Fsp3) is 0.214. The third-order valence-electron chi connectivity index (χ3n) is 2.83. The Bertz CT molecular complexity index is 558. The number of hydrogen-bond donors (Lipinski definition) is 1. The van der Waals surface area contributed by atoms with Gasteiger partial charge in [-0.25, -0.2) is 4.79 Å². The van der Waals surface area contributed by atoms with Crippen molar-refractivity contribution < 1.29 is 9.90 Å². The van der Waals surface area contributed by atoms with Crippen LogP contribution in [0.3, 0.4) is 0 Å². The van der Waals surface area contributed by atoms with Crippen molar-refractivity contribution in [1.29, 1.82) is 0 Å². The second-order valence-electron chi connectivity index (χ2n) is 4.03. The number of carboxylic acid groups (broad SMARTS) is 1. The summed E-state index contributed by atoms with van der Waals surface area (Å²) in [5, 5.41) is 9.21. The average molecular weight is 257 g/mol. The lowest BCUT2D eigenvalue weighted by Gasteiger charge is -2.23. The summed E-state index contributed by atoms with van der Waals surface area (Å²) in [6.07, 6.45) is 4.79. The quantitative estimate of drug-likeness (QED) is 0.889. The van der Waals surface area contributed by atoms with Crippen molar-refractivity contribution in [3.05, 3.63) is 54.1 Å². The summed E-state index contributed by atoms with van der Waals surface area (Å²) in [6, 6.07) is 7.20. The van der Waals surface area contributed by atoms with Gasteiger partial charge in [0.05, 0.1) is 29.7 Å². The number of anilines is 1. The molecule has 1 N–H and O–H groups in total. The Morgan fingerprint density at radius 3 is 2.79 bits per heavy atom. The summed E-state index contributed by atoms with van der Waals surface area (Å²) in [5.41, 5.74) is 1.76. The van der Waals surface area contributed by atoms with Gasteiger partial charge in [0, 0.05) is 18.9 Å². The second kappa shape index (κ2) is 5.95. The Kier molecular flexibility index (Phi) is 4.07. The normalized spacial score (nSPS) is 10.2. The molecule has 0 fully saturated rings. The van der Waals surface area contributed by atoms with Gasteiger partial charge in [-0.1, -0.05) is 6.07 Å². The third kappa shape index (κ3) is 3.07. The number of hydrogen-bond acceptors (Lipinski definition) is 4. The molecule has 0 saturated carbocycles. The van der Waals surface area contributed by atoms with E-state index in [2.05, 4.69) is 9.97 Å². The van der Waals surface area contributed by atoms with Crippen LogP contribution in [0.2, 0.25) is 0 Å². The van der Waals surface area contributed by atoms with Gasteiger partial charge in [-0.3, -0.25) is 9.97 Å². The van der Waals surface area contributed by atoms with Gasteiger partial charge in [-0.05, 0) is 25.1 Å². The van der Waals surface area contributed by atoms with Crippen molar-refractivity contribution in [3.8, 4) is 0 Å². The number of aromatic carboxylic acids is 1. The minimum Gasteiger partial charge on any atom is -0.478 e. The van der Waals surface area contributed by atoms with Crippen LogP contribution in [0.25, 0.3) is 0 Å². The van der Waals surface area contributed by atoms with Gasteiger partial charge < -0.3 is 10.0 Å². The van der Waals surface area contributed by atoms with E-state index in [1.54, 1.807) is 12.4 Å². The number of carbonyl (C=O) groups is 1. The largest absolute Gasteiger partial charge is 0.478 e. The molecular formula is C14H15N3O2. The summed E-state index contributed by atoms with van der Waals surface area (Å²) >= 11 is 0. The standard InChI is InChI=1S/C14H15N3O2/c1-2-17(10-11-5-3-4-7-16-11)13-9-15-8-6-12(13)14(18)19/h3-9H,2,10H2,1H3,(H,18,19). The first-order chi connectivity index (χ1) is 9.22. The zero-order valence-corrected chi connectivity index (χ0v) is 10.7. The van der Waals surface area contributed by atoms with Crippen LogP contribution in [-0.4, -0.2) is 27.6 Å². The summed E-state index contributed by atoms with van der Waals surface area (Å²) in [6.45, 7) is 3.22. The molecule has 0 radical (unpaired) electrons. The molecule has 0 spiro atoms. The maximum atomic E-state index is 11.2. The Labute approximate surface area is 111 Å². The van der Waals surface area contributed by atoms with Crippen LogP contribution in [0.1, 0.15) is 23.0 Å². The minimum atomic E-state index is -0.947. The van der Waals surface area contributed by atoms with E-state index in [9.17, 15) is 9.90 Å². The van der Waals surface area contributed by atoms with E-state index >= 15 is 0 Å². The van der Waals surface area contributed by atoms with Gasteiger partial charge in [-0.15, -0.1) is 0 Å². The Morgan fingerprint density at radius 1 is 1.32 bits per heavy atom. The van der Waals surface area contributed by atoms with Gasteiger partial charge in [-0.2, -0.15) is 0 Å². The minimum absolute atomic E-state index is 0.257. The highest BCUT2D eigenvalue weighted by Crippen LogP contribution is 2.20. The molecule has 2 aromatic rings. The highest BCUT2D eigenvalue weighted by atomic mass is 16.4. The van der Waals surface area contributed by atoms with E-state index in [0.29, 0.717) is 18.8 Å². The number of rotatable bonds is 5. The van der Waals surface area contributed by atoms with Gasteiger partial charge in [0.2, 0.25) is 0 Å². The smallest absolute Gasteiger partial charge is 0.337 e. The van der Waals surface area contributed by atoms with E-state index in [1.165, 1.54) is 12.3 Å². The molecule has 2 aromatic heterocycles. The molecule has 5 nitrogen and oxygen atoms in total. The van der Waals surface area contributed by atoms with Crippen molar-refractivity contribution in [2.24, 2.45) is 0 Å². The molecule has 2 heterocycles. The topological polar surface area (TPSA) is 66.3 Å². The monoisotopic (exact) mass is 257 g/mol. The molecule has 0 unspecified atom stereocenters. The van der Waals surface area contributed by atoms with Crippen LogP contribution in [0, 0.1) is 0 Å². The number of nitrogens with zero attached hydrogens (tertiary/aromatic N) is 3.